The van der Waals surface area contributed by atoms with Gasteiger partial charge in [-0.25, -0.2) is 8.42 Å². The third kappa shape index (κ3) is 3.56. The lowest BCUT2D eigenvalue weighted by Crippen LogP contribution is -2.46. The molecular formula is C14H22N2O4S. The van der Waals surface area contributed by atoms with Gasteiger partial charge in [-0.05, 0) is 32.1 Å². The van der Waals surface area contributed by atoms with Crippen LogP contribution < -0.4 is 5.32 Å². The van der Waals surface area contributed by atoms with Gasteiger partial charge < -0.3 is 10.2 Å². The van der Waals surface area contributed by atoms with E-state index in [4.69, 9.17) is 0 Å². The molecule has 118 valence electrons. The Labute approximate surface area is 125 Å². The highest BCUT2D eigenvalue weighted by molar-refractivity contribution is 7.91. The summed E-state index contributed by atoms with van der Waals surface area (Å²) in [6.45, 7) is 1.30. The zero-order valence-corrected chi connectivity index (χ0v) is 12.9. The summed E-state index contributed by atoms with van der Waals surface area (Å²) in [5.74, 6) is 0.589. The number of hydrogen-bond acceptors (Lipinski definition) is 4. The molecular weight excluding hydrogens is 292 g/mol. The maximum absolute atomic E-state index is 12.2. The van der Waals surface area contributed by atoms with Crippen molar-refractivity contribution in [1.82, 2.24) is 10.2 Å². The van der Waals surface area contributed by atoms with Gasteiger partial charge in [-0.1, -0.05) is 0 Å². The Bertz CT molecular complexity index is 533. The lowest BCUT2D eigenvalue weighted by atomic mass is 9.95. The topological polar surface area (TPSA) is 83.6 Å². The summed E-state index contributed by atoms with van der Waals surface area (Å²) >= 11 is 0. The predicted molar refractivity (Wildman–Crippen MR) is 77.2 cm³/mol. The molecule has 3 aliphatic rings. The summed E-state index contributed by atoms with van der Waals surface area (Å²) in [5, 5.41) is 2.86. The van der Waals surface area contributed by atoms with E-state index in [9.17, 15) is 18.0 Å². The minimum Gasteiger partial charge on any atom is -0.352 e. The molecule has 0 radical (unpaired) electrons. The number of nitrogens with one attached hydrogen (secondary N) is 1. The number of likely N-dealkylation sites (tertiary alicyclic amines) is 1. The van der Waals surface area contributed by atoms with Gasteiger partial charge in [0, 0.05) is 31.0 Å². The molecule has 1 aliphatic carbocycles. The maximum atomic E-state index is 12.2. The zero-order valence-electron chi connectivity index (χ0n) is 12.1. The Morgan fingerprint density at radius 3 is 2.14 bits per heavy atom. The highest BCUT2D eigenvalue weighted by Gasteiger charge is 2.37. The molecule has 0 bridgehead atoms. The molecule has 6 nitrogen and oxygen atoms in total. The van der Waals surface area contributed by atoms with Crippen LogP contribution in [0.15, 0.2) is 0 Å². The minimum absolute atomic E-state index is 0.0457. The molecule has 3 fully saturated rings. The standard InChI is InChI=1S/C14H22N2O4S/c17-13(15-12-5-8-21(19,20)9-12)10-3-6-16(7-4-10)14(18)11-1-2-11/h10-12H,1-9H2,(H,15,17). The summed E-state index contributed by atoms with van der Waals surface area (Å²) < 4.78 is 22.8. The SMILES string of the molecule is O=C(NC1CCS(=O)(=O)C1)C1CCN(C(=O)C2CC2)CC1. The maximum Gasteiger partial charge on any atom is 0.225 e. The van der Waals surface area contributed by atoms with Crippen molar-refractivity contribution in [1.29, 1.82) is 0 Å². The van der Waals surface area contributed by atoms with Crippen LogP contribution in [0.4, 0.5) is 0 Å². The number of carbonyl (C=O) groups is 2. The monoisotopic (exact) mass is 314 g/mol. The van der Waals surface area contributed by atoms with E-state index >= 15 is 0 Å². The second-order valence-electron chi connectivity index (χ2n) is 6.48. The van der Waals surface area contributed by atoms with Crippen molar-refractivity contribution in [3.05, 3.63) is 0 Å². The van der Waals surface area contributed by atoms with Crippen LogP contribution in [-0.4, -0.2) is 55.8 Å². The van der Waals surface area contributed by atoms with E-state index in [2.05, 4.69) is 5.32 Å². The number of nitrogens with zero attached hydrogens (tertiary/aromatic N) is 1. The molecule has 21 heavy (non-hydrogen) atoms. The Morgan fingerprint density at radius 1 is 0.952 bits per heavy atom. The third-order valence-corrected chi connectivity index (χ3v) is 6.45. The van der Waals surface area contributed by atoms with Gasteiger partial charge in [0.2, 0.25) is 11.8 Å². The molecule has 2 heterocycles. The normalized spacial score (nSPS) is 29.3. The predicted octanol–water partition coefficient (Wildman–Crippen LogP) is -0.0617. The Balaban J connectivity index is 1.45. The molecule has 0 aromatic heterocycles. The average Bonchev–Trinajstić information content (AvgIpc) is 3.24. The number of sulfone groups is 1. The second kappa shape index (κ2) is 5.59. The Hall–Kier alpha value is -1.11. The van der Waals surface area contributed by atoms with Gasteiger partial charge in [0.1, 0.15) is 0 Å². The molecule has 1 saturated carbocycles. The number of hydrogen-bond donors (Lipinski definition) is 1. The molecule has 0 aromatic rings. The van der Waals surface area contributed by atoms with E-state index in [-0.39, 0.29) is 41.2 Å². The van der Waals surface area contributed by atoms with E-state index in [1.54, 1.807) is 0 Å². The molecule has 1 unspecified atom stereocenters. The fourth-order valence-corrected chi connectivity index (χ4v) is 4.85. The lowest BCUT2D eigenvalue weighted by molar-refractivity contribution is -0.136. The molecule has 1 atom stereocenters. The van der Waals surface area contributed by atoms with Gasteiger partial charge in [-0.2, -0.15) is 0 Å². The van der Waals surface area contributed by atoms with Crippen LogP contribution in [0.3, 0.4) is 0 Å². The number of carbonyl (C=O) groups excluding carboxylic acids is 2. The van der Waals surface area contributed by atoms with Crippen molar-refractivity contribution in [2.45, 2.75) is 38.1 Å². The van der Waals surface area contributed by atoms with Crippen LogP contribution in [-0.2, 0) is 19.4 Å². The summed E-state index contributed by atoms with van der Waals surface area (Å²) in [6, 6.07) is -0.228. The summed E-state index contributed by atoms with van der Waals surface area (Å²) in [5.41, 5.74) is 0. The van der Waals surface area contributed by atoms with E-state index in [1.165, 1.54) is 0 Å². The first kappa shape index (κ1) is 14.8. The molecule has 0 aromatic carbocycles. The van der Waals surface area contributed by atoms with Crippen LogP contribution in [0.25, 0.3) is 0 Å². The number of rotatable bonds is 3. The first-order chi connectivity index (χ1) is 9.94. The van der Waals surface area contributed by atoms with Gasteiger partial charge in [0.25, 0.3) is 0 Å². The molecule has 3 rings (SSSR count). The molecule has 7 heteroatoms. The quantitative estimate of drug-likeness (QED) is 0.791. The third-order valence-electron chi connectivity index (χ3n) is 4.68. The van der Waals surface area contributed by atoms with Crippen LogP contribution in [0.5, 0.6) is 0 Å². The first-order valence-corrected chi connectivity index (χ1v) is 9.56. The Morgan fingerprint density at radius 2 is 1.62 bits per heavy atom. The van der Waals surface area contributed by atoms with E-state index < -0.39 is 9.84 Å². The fourth-order valence-electron chi connectivity index (χ4n) is 3.18. The molecule has 2 saturated heterocycles. The van der Waals surface area contributed by atoms with Gasteiger partial charge >= 0.3 is 0 Å². The van der Waals surface area contributed by atoms with Crippen molar-refractivity contribution in [3.8, 4) is 0 Å². The molecule has 0 spiro atoms. The lowest BCUT2D eigenvalue weighted by Gasteiger charge is -2.32. The zero-order chi connectivity index (χ0) is 15.0. The van der Waals surface area contributed by atoms with Crippen molar-refractivity contribution >= 4 is 21.7 Å². The van der Waals surface area contributed by atoms with Crippen LogP contribution in [0.2, 0.25) is 0 Å². The second-order valence-corrected chi connectivity index (χ2v) is 8.71. The first-order valence-electron chi connectivity index (χ1n) is 7.74. The van der Waals surface area contributed by atoms with Crippen molar-refractivity contribution < 1.29 is 18.0 Å². The van der Waals surface area contributed by atoms with E-state index in [0.29, 0.717) is 32.4 Å². The van der Waals surface area contributed by atoms with E-state index in [1.807, 2.05) is 4.90 Å². The van der Waals surface area contributed by atoms with Gasteiger partial charge in [-0.3, -0.25) is 9.59 Å². The summed E-state index contributed by atoms with van der Waals surface area (Å²) in [6.07, 6.45) is 3.91. The van der Waals surface area contributed by atoms with Crippen LogP contribution >= 0.6 is 0 Å². The number of amides is 2. The smallest absolute Gasteiger partial charge is 0.225 e. The fraction of sp³-hybridized carbons (Fsp3) is 0.857. The molecule has 2 amide bonds. The van der Waals surface area contributed by atoms with E-state index in [0.717, 1.165) is 12.8 Å². The highest BCUT2D eigenvalue weighted by atomic mass is 32.2. The summed E-state index contributed by atoms with van der Waals surface area (Å²) in [4.78, 5) is 26.0. The van der Waals surface area contributed by atoms with Crippen molar-refractivity contribution in [2.24, 2.45) is 11.8 Å². The van der Waals surface area contributed by atoms with Crippen LogP contribution in [0, 0.1) is 11.8 Å². The highest BCUT2D eigenvalue weighted by Crippen LogP contribution is 2.32. The van der Waals surface area contributed by atoms with Crippen molar-refractivity contribution in [2.75, 3.05) is 24.6 Å². The number of piperidine rings is 1. The Kier molecular flexibility index (Phi) is 3.94. The van der Waals surface area contributed by atoms with Crippen LogP contribution in [0.1, 0.15) is 32.1 Å². The molecule has 1 N–H and O–H groups in total. The molecule has 2 aliphatic heterocycles. The van der Waals surface area contributed by atoms with Gasteiger partial charge in [0.05, 0.1) is 11.5 Å². The van der Waals surface area contributed by atoms with Gasteiger partial charge in [0.15, 0.2) is 9.84 Å². The van der Waals surface area contributed by atoms with Gasteiger partial charge in [-0.15, -0.1) is 0 Å². The summed E-state index contributed by atoms with van der Waals surface area (Å²) in [7, 11) is -2.96. The largest absolute Gasteiger partial charge is 0.352 e. The average molecular weight is 314 g/mol. The minimum atomic E-state index is -2.96. The van der Waals surface area contributed by atoms with Crippen molar-refractivity contribution in [3.63, 3.8) is 0 Å².